The summed E-state index contributed by atoms with van der Waals surface area (Å²) in [6, 6.07) is 17.3. The number of carbonyl (C=O) groups is 2. The highest BCUT2D eigenvalue weighted by atomic mass is 16.2. The Bertz CT molecular complexity index is 761. The van der Waals surface area contributed by atoms with Crippen molar-refractivity contribution < 1.29 is 9.59 Å². The lowest BCUT2D eigenvalue weighted by atomic mass is 9.93. The second kappa shape index (κ2) is 8.12. The molecule has 0 radical (unpaired) electrons. The third-order valence-corrected chi connectivity index (χ3v) is 4.70. The Labute approximate surface area is 153 Å². The molecule has 136 valence electrons. The van der Waals surface area contributed by atoms with Crippen LogP contribution in [0.4, 0.5) is 0 Å². The summed E-state index contributed by atoms with van der Waals surface area (Å²) in [5, 5.41) is 2.60. The fourth-order valence-electron chi connectivity index (χ4n) is 3.24. The summed E-state index contributed by atoms with van der Waals surface area (Å²) in [5.41, 5.74) is 9.01. The Morgan fingerprint density at radius 1 is 1.12 bits per heavy atom. The van der Waals surface area contributed by atoms with Gasteiger partial charge in [-0.3, -0.25) is 15.0 Å². The van der Waals surface area contributed by atoms with Crippen molar-refractivity contribution in [3.8, 4) is 0 Å². The lowest BCUT2D eigenvalue weighted by Gasteiger charge is -2.24. The van der Waals surface area contributed by atoms with Gasteiger partial charge in [-0.1, -0.05) is 42.5 Å². The van der Waals surface area contributed by atoms with Crippen LogP contribution in [0.2, 0.25) is 0 Å². The van der Waals surface area contributed by atoms with Crippen LogP contribution in [0.1, 0.15) is 27.5 Å². The van der Waals surface area contributed by atoms with Gasteiger partial charge in [0.15, 0.2) is 0 Å². The Hall–Kier alpha value is -2.70. The largest absolute Gasteiger partial charge is 0.355 e. The lowest BCUT2D eigenvalue weighted by Crippen LogP contribution is -2.36. The first-order valence-corrected chi connectivity index (χ1v) is 8.69. The number of amides is 2. The van der Waals surface area contributed by atoms with Crippen LogP contribution in [0.3, 0.4) is 0 Å². The van der Waals surface area contributed by atoms with Crippen molar-refractivity contribution in [1.29, 1.82) is 0 Å². The van der Waals surface area contributed by atoms with Crippen LogP contribution in [-0.4, -0.2) is 37.4 Å². The van der Waals surface area contributed by atoms with E-state index in [-0.39, 0.29) is 23.8 Å². The Morgan fingerprint density at radius 2 is 1.81 bits per heavy atom. The van der Waals surface area contributed by atoms with E-state index in [1.165, 1.54) is 0 Å². The zero-order valence-electron chi connectivity index (χ0n) is 15.0. The molecule has 0 aliphatic carbocycles. The van der Waals surface area contributed by atoms with E-state index >= 15 is 0 Å². The molecule has 1 saturated heterocycles. The van der Waals surface area contributed by atoms with Crippen molar-refractivity contribution in [2.75, 3.05) is 20.6 Å². The minimum absolute atomic E-state index is 0.0400. The topological polar surface area (TPSA) is 73.5 Å². The summed E-state index contributed by atoms with van der Waals surface area (Å²) in [4.78, 5) is 26.3. The van der Waals surface area contributed by atoms with Gasteiger partial charge in [0.25, 0.3) is 5.91 Å². The number of benzene rings is 2. The average molecular weight is 352 g/mol. The first-order valence-electron chi connectivity index (χ1n) is 8.69. The summed E-state index contributed by atoms with van der Waals surface area (Å²) in [5.74, 6) is -0.186. The van der Waals surface area contributed by atoms with Crippen molar-refractivity contribution in [2.24, 2.45) is 5.92 Å². The number of rotatable bonds is 5. The molecule has 0 bridgehead atoms. The van der Waals surface area contributed by atoms with E-state index in [1.807, 2.05) is 49.5 Å². The predicted octanol–water partition coefficient (Wildman–Crippen LogP) is 1.47. The minimum Gasteiger partial charge on any atom is -0.355 e. The fraction of sp³-hybridized carbons (Fsp3) is 0.300. The molecule has 2 aromatic rings. The van der Waals surface area contributed by atoms with Gasteiger partial charge in [0.05, 0.1) is 12.0 Å². The van der Waals surface area contributed by atoms with E-state index in [0.29, 0.717) is 18.7 Å². The van der Waals surface area contributed by atoms with Gasteiger partial charge in [-0.2, -0.15) is 0 Å². The van der Waals surface area contributed by atoms with E-state index in [1.54, 1.807) is 24.1 Å². The highest BCUT2D eigenvalue weighted by molar-refractivity contribution is 5.93. The summed E-state index contributed by atoms with van der Waals surface area (Å²) in [7, 11) is 3.42. The smallest absolute Gasteiger partial charge is 0.251 e. The maximum absolute atomic E-state index is 12.9. The number of nitrogens with zero attached hydrogens (tertiary/aromatic N) is 1. The predicted molar refractivity (Wildman–Crippen MR) is 100 cm³/mol. The van der Waals surface area contributed by atoms with Crippen LogP contribution in [0.25, 0.3) is 0 Å². The van der Waals surface area contributed by atoms with E-state index in [9.17, 15) is 9.59 Å². The van der Waals surface area contributed by atoms with Crippen LogP contribution in [0.5, 0.6) is 0 Å². The van der Waals surface area contributed by atoms with Crippen molar-refractivity contribution in [2.45, 2.75) is 12.6 Å². The second-order valence-electron chi connectivity index (χ2n) is 6.49. The molecule has 2 amide bonds. The summed E-state index contributed by atoms with van der Waals surface area (Å²) >= 11 is 0. The van der Waals surface area contributed by atoms with Crippen LogP contribution < -0.4 is 16.2 Å². The second-order valence-corrected chi connectivity index (χ2v) is 6.49. The number of carbonyl (C=O) groups excluding carboxylic acids is 2. The van der Waals surface area contributed by atoms with Crippen molar-refractivity contribution in [3.63, 3.8) is 0 Å². The van der Waals surface area contributed by atoms with E-state index in [2.05, 4.69) is 16.2 Å². The van der Waals surface area contributed by atoms with E-state index in [0.717, 1.165) is 11.1 Å². The third kappa shape index (κ3) is 3.92. The maximum Gasteiger partial charge on any atom is 0.251 e. The quantitative estimate of drug-likeness (QED) is 0.762. The number of hydrogen-bond donors (Lipinski definition) is 3. The highest BCUT2D eigenvalue weighted by Gasteiger charge is 2.35. The Morgan fingerprint density at radius 3 is 2.46 bits per heavy atom. The molecule has 0 aromatic heterocycles. The van der Waals surface area contributed by atoms with E-state index in [4.69, 9.17) is 0 Å². The summed E-state index contributed by atoms with van der Waals surface area (Å²) in [6.07, 6.45) is 0. The van der Waals surface area contributed by atoms with Gasteiger partial charge in [-0.25, -0.2) is 5.43 Å². The Kier molecular flexibility index (Phi) is 5.65. The van der Waals surface area contributed by atoms with Gasteiger partial charge in [0.1, 0.15) is 0 Å². The molecular formula is C20H24N4O2. The molecule has 0 saturated carbocycles. The van der Waals surface area contributed by atoms with Crippen LogP contribution in [0, 0.1) is 5.92 Å². The monoisotopic (exact) mass is 352 g/mol. The van der Waals surface area contributed by atoms with Crippen molar-refractivity contribution in [3.05, 3.63) is 71.3 Å². The zero-order valence-corrected chi connectivity index (χ0v) is 15.0. The van der Waals surface area contributed by atoms with Crippen molar-refractivity contribution >= 4 is 11.8 Å². The molecule has 3 N–H and O–H groups in total. The molecule has 3 rings (SSSR count). The first kappa shape index (κ1) is 18.1. The molecular weight excluding hydrogens is 328 g/mol. The highest BCUT2D eigenvalue weighted by Crippen LogP contribution is 2.26. The summed E-state index contributed by atoms with van der Waals surface area (Å²) < 4.78 is 0. The van der Waals surface area contributed by atoms with E-state index < -0.39 is 0 Å². The van der Waals surface area contributed by atoms with Gasteiger partial charge in [0, 0.05) is 32.7 Å². The van der Waals surface area contributed by atoms with Gasteiger partial charge in [0.2, 0.25) is 5.91 Å². The number of hydrogen-bond acceptors (Lipinski definition) is 4. The van der Waals surface area contributed by atoms with Crippen molar-refractivity contribution in [1.82, 2.24) is 21.1 Å². The fourth-order valence-corrected chi connectivity index (χ4v) is 3.24. The molecule has 6 nitrogen and oxygen atoms in total. The van der Waals surface area contributed by atoms with Crippen LogP contribution >= 0.6 is 0 Å². The molecule has 0 spiro atoms. The molecule has 1 aliphatic rings. The van der Waals surface area contributed by atoms with Gasteiger partial charge >= 0.3 is 0 Å². The number of hydrazine groups is 1. The summed E-state index contributed by atoms with van der Waals surface area (Å²) in [6.45, 7) is 1.10. The molecule has 2 aromatic carbocycles. The SMILES string of the molecule is CNC(=O)c1ccc(CN(C)C(=O)C2CNNC2c2ccccc2)cc1. The van der Waals surface area contributed by atoms with Gasteiger partial charge in [-0.15, -0.1) is 0 Å². The molecule has 1 fully saturated rings. The van der Waals surface area contributed by atoms with Gasteiger partial charge in [-0.05, 0) is 23.3 Å². The normalized spacial score (nSPS) is 19.2. The van der Waals surface area contributed by atoms with Crippen LogP contribution in [0.15, 0.2) is 54.6 Å². The standard InChI is InChI=1S/C20H24N4O2/c1-21-19(25)16-10-8-14(9-11-16)13-24(2)20(26)17-12-22-23-18(17)15-6-4-3-5-7-15/h3-11,17-18,22-23H,12-13H2,1-2H3,(H,21,25). The Balaban J connectivity index is 1.66. The number of nitrogens with one attached hydrogen (secondary N) is 3. The maximum atomic E-state index is 12.9. The first-order chi connectivity index (χ1) is 12.6. The molecule has 2 unspecified atom stereocenters. The van der Waals surface area contributed by atoms with Crippen LogP contribution in [-0.2, 0) is 11.3 Å². The lowest BCUT2D eigenvalue weighted by molar-refractivity contribution is -0.134. The molecule has 6 heteroatoms. The zero-order chi connectivity index (χ0) is 18.5. The molecule has 1 heterocycles. The van der Waals surface area contributed by atoms with Gasteiger partial charge < -0.3 is 10.2 Å². The minimum atomic E-state index is -0.160. The average Bonchev–Trinajstić information content (AvgIpc) is 3.17. The molecule has 2 atom stereocenters. The molecule has 1 aliphatic heterocycles. The third-order valence-electron chi connectivity index (χ3n) is 4.70. The molecule has 26 heavy (non-hydrogen) atoms.